The van der Waals surface area contributed by atoms with E-state index >= 15 is 0 Å². The van der Waals surface area contributed by atoms with E-state index in [0.717, 1.165) is 58.9 Å². The molecule has 236 valence electrons. The van der Waals surface area contributed by atoms with E-state index in [1.807, 2.05) is 34.5 Å². The van der Waals surface area contributed by atoms with E-state index < -0.39 is 10.4 Å². The van der Waals surface area contributed by atoms with Gasteiger partial charge in [0.1, 0.15) is 6.73 Å². The Labute approximate surface area is 283 Å². The fraction of sp³-hybridized carbons (Fsp3) is 0.286. The van der Waals surface area contributed by atoms with Crippen LogP contribution in [0.1, 0.15) is 58.1 Å². The minimum Gasteiger partial charge on any atom is -0.361 e. The molecule has 0 fully saturated rings. The summed E-state index contributed by atoms with van der Waals surface area (Å²) in [6.45, 7) is 8.48. The number of rotatable bonds is 9. The summed E-state index contributed by atoms with van der Waals surface area (Å²) in [7, 11) is -4.61. The summed E-state index contributed by atoms with van der Waals surface area (Å²) in [5.41, 5.74) is 9.33. The number of benzene rings is 2. The maximum absolute atomic E-state index is 11.4. The van der Waals surface area contributed by atoms with E-state index in [4.69, 9.17) is 4.18 Å². The van der Waals surface area contributed by atoms with Gasteiger partial charge in [-0.3, -0.25) is 4.55 Å². The normalized spacial score (nSPS) is 21.3. The van der Waals surface area contributed by atoms with Crippen LogP contribution >= 0.6 is 31.9 Å². The Morgan fingerprint density at radius 3 is 2.38 bits per heavy atom. The van der Waals surface area contributed by atoms with Crippen molar-refractivity contribution in [3.8, 4) is 0 Å². The molecule has 2 aliphatic heterocycles. The summed E-state index contributed by atoms with van der Waals surface area (Å²) in [5, 5.41) is 3.17. The van der Waals surface area contributed by atoms with Gasteiger partial charge in [0, 0.05) is 51.4 Å². The molecule has 0 saturated carbocycles. The molecule has 10 heteroatoms. The summed E-state index contributed by atoms with van der Waals surface area (Å²) in [4.78, 5) is 5.89. The fourth-order valence-electron chi connectivity index (χ4n) is 6.59. The maximum atomic E-state index is 11.4. The lowest BCUT2D eigenvalue weighted by molar-refractivity contribution is -0.356. The molecule has 0 aromatic heterocycles. The highest BCUT2D eigenvalue weighted by Gasteiger charge is 2.43. The topological polar surface area (TPSA) is 81.9 Å². The molecule has 45 heavy (non-hydrogen) atoms. The van der Waals surface area contributed by atoms with E-state index in [2.05, 4.69) is 135 Å². The van der Waals surface area contributed by atoms with Crippen molar-refractivity contribution in [3.05, 3.63) is 129 Å². The Kier molecular flexibility index (Phi) is 9.91. The van der Waals surface area contributed by atoms with Crippen molar-refractivity contribution in [2.45, 2.75) is 57.8 Å². The number of hydrogen-bond donors (Lipinski definition) is 2. The number of fused-ring (bicyclic) bond motifs is 2. The predicted molar refractivity (Wildman–Crippen MR) is 189 cm³/mol. The Morgan fingerprint density at radius 1 is 0.956 bits per heavy atom. The van der Waals surface area contributed by atoms with Gasteiger partial charge in [0.2, 0.25) is 5.69 Å². The maximum Gasteiger partial charge on any atom is 0.399 e. The third-order valence-electron chi connectivity index (χ3n) is 8.76. The highest BCUT2D eigenvalue weighted by atomic mass is 79.9. The molecule has 0 atom stereocenters. The van der Waals surface area contributed by atoms with Gasteiger partial charge in [-0.05, 0) is 66.9 Å². The van der Waals surface area contributed by atoms with E-state index in [0.29, 0.717) is 0 Å². The standard InChI is InChI=1S/C35H37Br2N3O4S/c1-34(2)27-12-5-7-14-29(27)39(22-20-36)31(34)18-16-25-10-9-11-26(33(25)38-24-44-45(41,42)43)17-19-32-35(3,4)28-13-6-8-15-30(28)40(32)23-21-37/h5-8,12-23H,9-11,24H2,1-4H3,(H,41,42,43)/p+1/b22-20+,23-21+,25-16+,31-18+. The zero-order chi connectivity index (χ0) is 32.4. The van der Waals surface area contributed by atoms with Crippen molar-refractivity contribution in [3.63, 3.8) is 0 Å². The number of nitrogens with zero attached hydrogens (tertiary/aromatic N) is 2. The van der Waals surface area contributed by atoms with E-state index in [1.165, 1.54) is 11.1 Å². The van der Waals surface area contributed by atoms with Crippen molar-refractivity contribution < 1.29 is 21.7 Å². The Balaban J connectivity index is 1.59. The third kappa shape index (κ3) is 6.76. The molecule has 0 spiro atoms. The van der Waals surface area contributed by atoms with Crippen LogP contribution in [0, 0.1) is 0 Å². The van der Waals surface area contributed by atoms with Crippen molar-refractivity contribution in [2.75, 3.05) is 11.6 Å². The van der Waals surface area contributed by atoms with Crippen LogP contribution < -0.4 is 10.2 Å². The first-order valence-corrected chi connectivity index (χ1v) is 18.0. The van der Waals surface area contributed by atoms with E-state index in [-0.39, 0.29) is 17.6 Å². The van der Waals surface area contributed by atoms with Gasteiger partial charge in [-0.1, -0.05) is 94.3 Å². The SMILES string of the molecule is CC1(C)C(/C=C/C2=C(NCOS(=O)(=O)O)C(=C/C=C3/N(/C=C/Br)c4ccccc4C3(C)C)/CCC2)=[N+](/C=C/Br)c2ccccc21. The van der Waals surface area contributed by atoms with Gasteiger partial charge in [0.15, 0.2) is 11.9 Å². The molecule has 2 aromatic rings. The first-order valence-electron chi connectivity index (χ1n) is 14.8. The van der Waals surface area contributed by atoms with Crippen LogP contribution in [0.3, 0.4) is 0 Å². The second-order valence-corrected chi connectivity index (χ2v) is 14.3. The van der Waals surface area contributed by atoms with Crippen molar-refractivity contribution in [1.82, 2.24) is 5.32 Å². The molecular weight excluding hydrogens is 718 g/mol. The van der Waals surface area contributed by atoms with Crippen molar-refractivity contribution in [1.29, 1.82) is 0 Å². The molecule has 3 aliphatic rings. The van der Waals surface area contributed by atoms with Gasteiger partial charge in [-0.15, -0.1) is 0 Å². The molecule has 0 amide bonds. The summed E-state index contributed by atoms with van der Waals surface area (Å²) in [6.07, 6.45) is 15.1. The molecule has 2 heterocycles. The number of nitrogens with one attached hydrogen (secondary N) is 1. The largest absolute Gasteiger partial charge is 0.399 e. The summed E-state index contributed by atoms with van der Waals surface area (Å²) in [5.74, 6) is 0. The highest BCUT2D eigenvalue weighted by molar-refractivity contribution is 9.11. The summed E-state index contributed by atoms with van der Waals surface area (Å²) in [6, 6.07) is 16.8. The smallest absolute Gasteiger partial charge is 0.361 e. The number of allylic oxidation sites excluding steroid dienone is 7. The fourth-order valence-corrected chi connectivity index (χ4v) is 7.28. The molecule has 2 aromatic carbocycles. The summed E-state index contributed by atoms with van der Waals surface area (Å²) < 4.78 is 38.9. The van der Waals surface area contributed by atoms with E-state index in [9.17, 15) is 13.0 Å². The molecule has 0 unspecified atom stereocenters. The number of hydrogen-bond acceptors (Lipinski definition) is 5. The second-order valence-electron chi connectivity index (χ2n) is 12.2. The molecular formula is C35H38Br2N3O4S+. The number of para-hydroxylation sites is 2. The quantitative estimate of drug-likeness (QED) is 0.151. The van der Waals surface area contributed by atoms with E-state index in [1.54, 1.807) is 0 Å². The Morgan fingerprint density at radius 2 is 1.67 bits per heavy atom. The predicted octanol–water partition coefficient (Wildman–Crippen LogP) is 8.76. The highest BCUT2D eigenvalue weighted by Crippen LogP contribution is 2.48. The Bertz CT molecular complexity index is 1810. The average Bonchev–Trinajstić information content (AvgIpc) is 3.34. The minimum atomic E-state index is -4.61. The number of halogens is 2. The van der Waals surface area contributed by atoms with Crippen molar-refractivity contribution in [2.24, 2.45) is 0 Å². The van der Waals surface area contributed by atoms with Gasteiger partial charge < -0.3 is 10.2 Å². The van der Waals surface area contributed by atoms with Crippen LogP contribution in [0.5, 0.6) is 0 Å². The van der Waals surface area contributed by atoms with Gasteiger partial charge in [0.05, 0.1) is 5.41 Å². The molecule has 0 bridgehead atoms. The lowest BCUT2D eigenvalue weighted by atomic mass is 9.81. The van der Waals surface area contributed by atoms with Gasteiger partial charge in [-0.2, -0.15) is 13.0 Å². The molecule has 5 rings (SSSR count). The Hall–Kier alpha value is -3.02. The molecule has 1 aliphatic carbocycles. The molecule has 2 N–H and O–H groups in total. The monoisotopic (exact) mass is 754 g/mol. The molecule has 0 saturated heterocycles. The van der Waals surface area contributed by atoms with Crippen LogP contribution in [0.2, 0.25) is 0 Å². The van der Waals surface area contributed by atoms with Crippen LogP contribution in [-0.4, -0.2) is 30.0 Å². The molecule has 7 nitrogen and oxygen atoms in total. The first-order chi connectivity index (χ1) is 21.4. The first kappa shape index (κ1) is 33.3. The summed E-state index contributed by atoms with van der Waals surface area (Å²) >= 11 is 6.91. The third-order valence-corrected chi connectivity index (χ3v) is 9.65. The van der Waals surface area contributed by atoms with Crippen LogP contribution in [0.25, 0.3) is 0 Å². The van der Waals surface area contributed by atoms with Crippen LogP contribution in [-0.2, 0) is 25.4 Å². The van der Waals surface area contributed by atoms with Gasteiger partial charge in [-0.25, -0.2) is 4.18 Å². The zero-order valence-electron chi connectivity index (χ0n) is 25.8. The minimum absolute atomic E-state index is 0.241. The second kappa shape index (κ2) is 13.4. The van der Waals surface area contributed by atoms with Gasteiger partial charge in [0.25, 0.3) is 0 Å². The lowest BCUT2D eigenvalue weighted by Crippen LogP contribution is -2.27. The molecule has 0 radical (unpaired) electrons. The zero-order valence-corrected chi connectivity index (χ0v) is 29.8. The van der Waals surface area contributed by atoms with Crippen LogP contribution in [0.15, 0.2) is 118 Å². The lowest BCUT2D eigenvalue weighted by Gasteiger charge is -2.25. The van der Waals surface area contributed by atoms with Crippen molar-refractivity contribution >= 4 is 59.3 Å². The van der Waals surface area contributed by atoms with Crippen LogP contribution in [0.4, 0.5) is 11.4 Å². The average molecular weight is 757 g/mol. The number of anilines is 1. The van der Waals surface area contributed by atoms with Gasteiger partial charge >= 0.3 is 10.4 Å².